The smallest absolute Gasteiger partial charge is 0.250 e. The number of carbonyl (C=O) groups is 1. The molecule has 2 aliphatic carbocycles. The van der Waals surface area contributed by atoms with Gasteiger partial charge in [-0.15, -0.1) is 0 Å². The topological polar surface area (TPSA) is 34.9 Å². The molecule has 2 bridgehead atoms. The Labute approximate surface area is 95.1 Å². The molecule has 1 aromatic heterocycles. The number of fused-ring (bicyclic) bond motifs is 2. The summed E-state index contributed by atoms with van der Waals surface area (Å²) >= 11 is 0. The van der Waals surface area contributed by atoms with E-state index < -0.39 is 0 Å². The summed E-state index contributed by atoms with van der Waals surface area (Å²) in [5, 5.41) is 4.28. The third-order valence-electron chi connectivity index (χ3n) is 3.81. The zero-order chi connectivity index (χ0) is 11.3. The summed E-state index contributed by atoms with van der Waals surface area (Å²) in [6.45, 7) is 3.87. The highest BCUT2D eigenvalue weighted by Gasteiger charge is 2.40. The molecule has 0 spiro atoms. The normalized spacial score (nSPS) is 31.2. The summed E-state index contributed by atoms with van der Waals surface area (Å²) in [5.41, 5.74) is 1.87. The highest BCUT2D eigenvalue weighted by molar-refractivity contribution is 5.82. The fourth-order valence-electron chi connectivity index (χ4n) is 3.07. The predicted molar refractivity (Wildman–Crippen MR) is 61.2 cm³/mol. The van der Waals surface area contributed by atoms with Gasteiger partial charge in [-0.05, 0) is 44.6 Å². The molecule has 0 aromatic carbocycles. The van der Waals surface area contributed by atoms with Crippen molar-refractivity contribution in [3.8, 4) is 0 Å². The molecule has 16 heavy (non-hydrogen) atoms. The molecule has 1 fully saturated rings. The second kappa shape index (κ2) is 3.30. The van der Waals surface area contributed by atoms with Gasteiger partial charge in [-0.3, -0.25) is 4.79 Å². The lowest BCUT2D eigenvalue weighted by molar-refractivity contribution is 0.0794. The summed E-state index contributed by atoms with van der Waals surface area (Å²) < 4.78 is 1.59. The number of nitrogens with zero attached hydrogens (tertiary/aromatic N) is 2. The maximum absolute atomic E-state index is 12.3. The standard InChI is InChI=1S/C13H16N2O/c1-8-5-9(2)15(14-8)13(16)12-7-10-3-4-11(12)6-10/h3-5,10-12H,6-7H2,1-2H3/t10-,11+,12-/m0/s1. The van der Waals surface area contributed by atoms with E-state index in [0.29, 0.717) is 11.8 Å². The van der Waals surface area contributed by atoms with Crippen molar-refractivity contribution in [3.63, 3.8) is 0 Å². The van der Waals surface area contributed by atoms with Crippen LogP contribution in [0, 0.1) is 31.6 Å². The second-order valence-electron chi connectivity index (χ2n) is 5.06. The number of hydrogen-bond donors (Lipinski definition) is 0. The Morgan fingerprint density at radius 3 is 2.69 bits per heavy atom. The number of aryl methyl sites for hydroxylation is 2. The van der Waals surface area contributed by atoms with Gasteiger partial charge in [0.25, 0.3) is 5.91 Å². The van der Waals surface area contributed by atoms with Gasteiger partial charge in [-0.2, -0.15) is 5.10 Å². The van der Waals surface area contributed by atoms with Crippen molar-refractivity contribution in [2.75, 3.05) is 0 Å². The Morgan fingerprint density at radius 2 is 2.19 bits per heavy atom. The van der Waals surface area contributed by atoms with Gasteiger partial charge >= 0.3 is 0 Å². The van der Waals surface area contributed by atoms with Crippen LogP contribution in [0.5, 0.6) is 0 Å². The van der Waals surface area contributed by atoms with Gasteiger partial charge in [0, 0.05) is 11.6 Å². The molecule has 0 unspecified atom stereocenters. The van der Waals surface area contributed by atoms with Crippen LogP contribution in [0.3, 0.4) is 0 Å². The third kappa shape index (κ3) is 1.34. The molecule has 0 saturated heterocycles. The highest BCUT2D eigenvalue weighted by atomic mass is 16.2. The molecule has 1 heterocycles. The van der Waals surface area contributed by atoms with Crippen LogP contribution >= 0.6 is 0 Å². The van der Waals surface area contributed by atoms with Gasteiger partial charge in [-0.25, -0.2) is 4.68 Å². The van der Waals surface area contributed by atoms with Gasteiger partial charge in [0.05, 0.1) is 5.69 Å². The predicted octanol–water partition coefficient (Wildman–Crippen LogP) is 2.35. The Balaban J connectivity index is 1.89. The molecule has 0 aliphatic heterocycles. The molecule has 1 saturated carbocycles. The largest absolute Gasteiger partial charge is 0.272 e. The molecule has 0 radical (unpaired) electrons. The van der Waals surface area contributed by atoms with Gasteiger partial charge in [0.1, 0.15) is 0 Å². The molecule has 0 N–H and O–H groups in total. The zero-order valence-electron chi connectivity index (χ0n) is 9.68. The van der Waals surface area contributed by atoms with Crippen molar-refractivity contribution >= 4 is 5.91 Å². The van der Waals surface area contributed by atoms with E-state index in [4.69, 9.17) is 0 Å². The van der Waals surface area contributed by atoms with Crippen molar-refractivity contribution in [1.82, 2.24) is 9.78 Å². The summed E-state index contributed by atoms with van der Waals surface area (Å²) in [4.78, 5) is 12.3. The SMILES string of the molecule is Cc1cc(C)n(C(=O)[C@H]2C[C@H]3C=C[C@@H]2C3)n1. The van der Waals surface area contributed by atoms with E-state index in [1.807, 2.05) is 19.9 Å². The van der Waals surface area contributed by atoms with Crippen molar-refractivity contribution in [1.29, 1.82) is 0 Å². The van der Waals surface area contributed by atoms with Crippen molar-refractivity contribution in [2.24, 2.45) is 17.8 Å². The summed E-state index contributed by atoms with van der Waals surface area (Å²) in [5.74, 6) is 1.44. The van der Waals surface area contributed by atoms with E-state index in [0.717, 1.165) is 24.2 Å². The van der Waals surface area contributed by atoms with E-state index in [-0.39, 0.29) is 11.8 Å². The van der Waals surface area contributed by atoms with E-state index >= 15 is 0 Å². The second-order valence-corrected chi connectivity index (χ2v) is 5.06. The lowest BCUT2D eigenvalue weighted by Crippen LogP contribution is -2.26. The maximum atomic E-state index is 12.3. The molecule has 84 valence electrons. The van der Waals surface area contributed by atoms with Crippen molar-refractivity contribution in [3.05, 3.63) is 29.6 Å². The summed E-state index contributed by atoms with van der Waals surface area (Å²) in [6, 6.07) is 1.96. The van der Waals surface area contributed by atoms with E-state index in [1.165, 1.54) is 0 Å². The minimum absolute atomic E-state index is 0.160. The first-order chi connectivity index (χ1) is 7.65. The number of carbonyl (C=O) groups excluding carboxylic acids is 1. The first kappa shape index (κ1) is 9.82. The highest BCUT2D eigenvalue weighted by Crippen LogP contribution is 2.44. The summed E-state index contributed by atoms with van der Waals surface area (Å²) in [7, 11) is 0. The fourth-order valence-corrected chi connectivity index (χ4v) is 3.07. The van der Waals surface area contributed by atoms with Gasteiger partial charge < -0.3 is 0 Å². The van der Waals surface area contributed by atoms with Gasteiger partial charge in [-0.1, -0.05) is 12.2 Å². The van der Waals surface area contributed by atoms with Crippen LogP contribution in [-0.2, 0) is 0 Å². The average Bonchev–Trinajstić information content (AvgIpc) is 2.91. The van der Waals surface area contributed by atoms with Crippen molar-refractivity contribution in [2.45, 2.75) is 26.7 Å². The average molecular weight is 216 g/mol. The van der Waals surface area contributed by atoms with Crippen LogP contribution < -0.4 is 0 Å². The lowest BCUT2D eigenvalue weighted by Gasteiger charge is -2.16. The molecular weight excluding hydrogens is 200 g/mol. The Hall–Kier alpha value is -1.38. The Morgan fingerprint density at radius 1 is 1.38 bits per heavy atom. The minimum Gasteiger partial charge on any atom is -0.272 e. The van der Waals surface area contributed by atoms with Crippen LogP contribution in [0.15, 0.2) is 18.2 Å². The molecule has 3 atom stereocenters. The third-order valence-corrected chi connectivity index (χ3v) is 3.81. The molecule has 2 aliphatic rings. The number of aromatic nitrogens is 2. The first-order valence-electron chi connectivity index (χ1n) is 5.91. The van der Waals surface area contributed by atoms with E-state index in [1.54, 1.807) is 4.68 Å². The quantitative estimate of drug-likeness (QED) is 0.675. The first-order valence-corrected chi connectivity index (χ1v) is 5.91. The maximum Gasteiger partial charge on any atom is 0.250 e. The van der Waals surface area contributed by atoms with E-state index in [2.05, 4.69) is 17.3 Å². The molecule has 3 nitrogen and oxygen atoms in total. The van der Waals surface area contributed by atoms with E-state index in [9.17, 15) is 4.79 Å². The molecule has 3 heteroatoms. The number of allylic oxidation sites excluding steroid dienone is 2. The molecule has 1 aromatic rings. The molecule has 3 rings (SSSR count). The van der Waals surface area contributed by atoms with Crippen LogP contribution in [0.1, 0.15) is 29.0 Å². The van der Waals surface area contributed by atoms with Crippen LogP contribution in [-0.4, -0.2) is 15.7 Å². The van der Waals surface area contributed by atoms with Gasteiger partial charge in [0.15, 0.2) is 0 Å². The monoisotopic (exact) mass is 216 g/mol. The van der Waals surface area contributed by atoms with Crippen molar-refractivity contribution < 1.29 is 4.79 Å². The molecule has 0 amide bonds. The Kier molecular flexibility index (Phi) is 2.03. The van der Waals surface area contributed by atoms with Crippen LogP contribution in [0.4, 0.5) is 0 Å². The van der Waals surface area contributed by atoms with Crippen LogP contribution in [0.2, 0.25) is 0 Å². The lowest BCUT2D eigenvalue weighted by atomic mass is 9.93. The van der Waals surface area contributed by atoms with Crippen LogP contribution in [0.25, 0.3) is 0 Å². The molecular formula is C13H16N2O. The zero-order valence-corrected chi connectivity index (χ0v) is 9.68. The minimum atomic E-state index is 0.160. The number of rotatable bonds is 1. The van der Waals surface area contributed by atoms with Gasteiger partial charge in [0.2, 0.25) is 0 Å². The number of hydrogen-bond acceptors (Lipinski definition) is 2. The Bertz CT molecular complexity index is 472. The summed E-state index contributed by atoms with van der Waals surface area (Å²) in [6.07, 6.45) is 6.64. The fraction of sp³-hybridized carbons (Fsp3) is 0.538.